The van der Waals surface area contributed by atoms with Gasteiger partial charge in [0.15, 0.2) is 23.8 Å². The third-order valence-electron chi connectivity index (χ3n) is 9.94. The van der Waals surface area contributed by atoms with Gasteiger partial charge in [-0.05, 0) is 37.2 Å². The van der Waals surface area contributed by atoms with Crippen molar-refractivity contribution < 1.29 is 29.3 Å². The Morgan fingerprint density at radius 3 is 2.53 bits per heavy atom. The average Bonchev–Trinajstić information content (AvgIpc) is 3.93. The van der Waals surface area contributed by atoms with E-state index < -0.39 is 30.4 Å². The normalized spacial score (nSPS) is 33.3. The van der Waals surface area contributed by atoms with Gasteiger partial charge in [0.25, 0.3) is 5.91 Å². The number of nitrogen functional groups attached to an aromatic ring is 1. The Morgan fingerprint density at radius 2 is 1.81 bits per heavy atom. The number of nitrogens with zero attached hydrogens (tertiary/aromatic N) is 5. The number of anilines is 1. The van der Waals surface area contributed by atoms with Crippen molar-refractivity contribution in [2.24, 2.45) is 5.92 Å². The maximum absolute atomic E-state index is 13.0. The first-order valence-corrected chi connectivity index (χ1v) is 15.1. The van der Waals surface area contributed by atoms with E-state index >= 15 is 0 Å². The number of carbonyl (C=O) groups excluding carboxylic acids is 2. The van der Waals surface area contributed by atoms with Crippen LogP contribution in [0.3, 0.4) is 0 Å². The summed E-state index contributed by atoms with van der Waals surface area (Å²) in [6.07, 6.45) is 1.87. The lowest BCUT2D eigenvalue weighted by atomic mass is 9.93. The second-order valence-electron chi connectivity index (χ2n) is 12.9. The number of amides is 2. The van der Waals surface area contributed by atoms with Gasteiger partial charge in [0, 0.05) is 43.8 Å². The topological polar surface area (TPSA) is 178 Å². The molecule has 0 bridgehead atoms. The Kier molecular flexibility index (Phi) is 5.98. The third-order valence-corrected chi connectivity index (χ3v) is 9.94. The number of hydrogen-bond acceptors (Lipinski definition) is 10. The summed E-state index contributed by atoms with van der Waals surface area (Å²) in [7, 11) is 0. The summed E-state index contributed by atoms with van der Waals surface area (Å²) in [5, 5.41) is 24.1. The van der Waals surface area contributed by atoms with Crippen LogP contribution in [0.25, 0.3) is 11.2 Å². The number of aliphatic hydroxyl groups is 2. The van der Waals surface area contributed by atoms with Gasteiger partial charge in [-0.3, -0.25) is 9.36 Å². The van der Waals surface area contributed by atoms with Crippen LogP contribution in [-0.4, -0.2) is 89.7 Å². The molecule has 3 aromatic rings. The van der Waals surface area contributed by atoms with Crippen LogP contribution >= 0.6 is 0 Å². The highest BCUT2D eigenvalue weighted by Crippen LogP contribution is 2.80. The molecular weight excluding hydrogens is 554 g/mol. The first kappa shape index (κ1) is 26.8. The van der Waals surface area contributed by atoms with Gasteiger partial charge >= 0.3 is 6.09 Å². The molecule has 5 fully saturated rings. The number of nitrogens with one attached hydrogen (secondary N) is 1. The standard InChI is InChI=1S/C30H35N7O6/c31-24-20-25(37(15-32-20)27-22(39)21(38)23(42-27)26(40)33-18-6-7-18)35-19(34-24)12-16-8-10-36(11-9-16)28(41)43-30-13-29(30,14-30)17-4-2-1-3-5-17/h1-5,15-16,18,21-23,27,38-39H,6-14H2,(H,33,40)(H2,31,34,35)/t21?,22?,23-,27+,29?,30?/m0/s1. The molecule has 226 valence electrons. The van der Waals surface area contributed by atoms with Gasteiger partial charge in [0.05, 0.1) is 6.33 Å². The highest BCUT2D eigenvalue weighted by molar-refractivity contribution is 5.83. The Labute approximate surface area is 247 Å². The number of aromatic nitrogens is 4. The van der Waals surface area contributed by atoms with E-state index in [-0.39, 0.29) is 34.9 Å². The van der Waals surface area contributed by atoms with Crippen LogP contribution in [0.5, 0.6) is 0 Å². The molecule has 0 spiro atoms. The number of ether oxygens (including phenoxy) is 2. The predicted molar refractivity (Wildman–Crippen MR) is 151 cm³/mol. The van der Waals surface area contributed by atoms with Crippen molar-refractivity contribution in [3.63, 3.8) is 0 Å². The Bertz CT molecular complexity index is 1580. The third kappa shape index (κ3) is 4.44. The number of fused-ring (bicyclic) bond motifs is 2. The number of piperidine rings is 1. The molecule has 13 heteroatoms. The van der Waals surface area contributed by atoms with Crippen molar-refractivity contribution >= 4 is 29.0 Å². The minimum absolute atomic E-state index is 0.0201. The lowest BCUT2D eigenvalue weighted by Gasteiger charge is -2.31. The van der Waals surface area contributed by atoms with Crippen LogP contribution in [0, 0.1) is 5.92 Å². The highest BCUT2D eigenvalue weighted by Gasteiger charge is 2.87. The molecule has 2 unspecified atom stereocenters. The predicted octanol–water partition coefficient (Wildman–Crippen LogP) is 1.18. The number of hydrogen-bond donors (Lipinski definition) is 4. The monoisotopic (exact) mass is 589 g/mol. The van der Waals surface area contributed by atoms with Crippen LogP contribution in [0.1, 0.15) is 56.1 Å². The van der Waals surface area contributed by atoms with Crippen LogP contribution in [-0.2, 0) is 26.1 Å². The zero-order valence-corrected chi connectivity index (χ0v) is 23.6. The highest BCUT2D eigenvalue weighted by atomic mass is 16.6. The maximum Gasteiger partial charge on any atom is 0.410 e. The smallest absolute Gasteiger partial charge is 0.410 e. The van der Waals surface area contributed by atoms with Gasteiger partial charge in [0.2, 0.25) is 0 Å². The molecule has 2 aromatic heterocycles. The minimum atomic E-state index is -1.40. The number of carbonyl (C=O) groups is 2. The SMILES string of the molecule is Nc1nc(CC2CCN(C(=O)OC34CC3(c3ccccc3)C4)CC2)nc2c1ncn2[C@@H]1O[C@H](C(=O)NC2CC2)C(O)C1O. The fourth-order valence-electron chi connectivity index (χ4n) is 6.92. The second kappa shape index (κ2) is 9.60. The summed E-state index contributed by atoms with van der Waals surface area (Å²) in [6, 6.07) is 10.4. The number of rotatable bonds is 7. The molecule has 2 aliphatic heterocycles. The minimum Gasteiger partial charge on any atom is -0.442 e. The van der Waals surface area contributed by atoms with Crippen molar-refractivity contribution in [3.05, 3.63) is 48.0 Å². The second-order valence-corrected chi connectivity index (χ2v) is 12.9. The summed E-state index contributed by atoms with van der Waals surface area (Å²) in [5.41, 5.74) is 7.91. The zero-order chi connectivity index (χ0) is 29.5. The fourth-order valence-corrected chi connectivity index (χ4v) is 6.92. The van der Waals surface area contributed by atoms with Gasteiger partial charge in [-0.25, -0.2) is 19.7 Å². The molecule has 3 saturated carbocycles. The summed E-state index contributed by atoms with van der Waals surface area (Å²) in [4.78, 5) is 40.8. The van der Waals surface area contributed by atoms with Crippen LogP contribution in [0.2, 0.25) is 0 Å². The van der Waals surface area contributed by atoms with Gasteiger partial charge in [-0.15, -0.1) is 0 Å². The number of benzene rings is 1. The van der Waals surface area contributed by atoms with E-state index in [0.29, 0.717) is 36.5 Å². The number of nitrogens with two attached hydrogens (primary N) is 1. The average molecular weight is 590 g/mol. The summed E-state index contributed by atoms with van der Waals surface area (Å²) >= 11 is 0. The zero-order valence-electron chi connectivity index (χ0n) is 23.6. The van der Waals surface area contributed by atoms with E-state index in [1.807, 2.05) is 18.2 Å². The summed E-state index contributed by atoms with van der Waals surface area (Å²) in [6.45, 7) is 1.19. The van der Waals surface area contributed by atoms with Crippen molar-refractivity contribution in [1.82, 2.24) is 29.7 Å². The van der Waals surface area contributed by atoms with Crippen molar-refractivity contribution in [2.75, 3.05) is 18.8 Å². The quantitative estimate of drug-likeness (QED) is 0.313. The Hall–Kier alpha value is -3.81. The van der Waals surface area contributed by atoms with Gasteiger partial charge in [-0.2, -0.15) is 0 Å². The number of imidazole rings is 1. The summed E-state index contributed by atoms with van der Waals surface area (Å²) < 4.78 is 13.3. The molecule has 0 radical (unpaired) electrons. The molecule has 8 rings (SSSR count). The van der Waals surface area contributed by atoms with Crippen LogP contribution < -0.4 is 11.1 Å². The molecule has 4 atom stereocenters. The Morgan fingerprint density at radius 1 is 1.07 bits per heavy atom. The van der Waals surface area contributed by atoms with Crippen LogP contribution in [0.4, 0.5) is 10.6 Å². The van der Waals surface area contributed by atoms with Gasteiger partial charge in [-0.1, -0.05) is 30.3 Å². The maximum atomic E-state index is 13.0. The van der Waals surface area contributed by atoms with Crippen molar-refractivity contribution in [2.45, 2.75) is 86.5 Å². The van der Waals surface area contributed by atoms with Crippen molar-refractivity contribution in [1.29, 1.82) is 0 Å². The molecule has 2 saturated heterocycles. The first-order chi connectivity index (χ1) is 20.8. The molecule has 5 N–H and O–H groups in total. The van der Waals surface area contributed by atoms with E-state index in [1.165, 1.54) is 16.5 Å². The van der Waals surface area contributed by atoms with E-state index in [1.54, 1.807) is 4.90 Å². The fraction of sp³-hybridized carbons (Fsp3) is 0.567. The molecule has 1 aromatic carbocycles. The lowest BCUT2D eigenvalue weighted by Crippen LogP contribution is -2.43. The molecule has 5 aliphatic rings. The van der Waals surface area contributed by atoms with Gasteiger partial charge in [0.1, 0.15) is 29.2 Å². The van der Waals surface area contributed by atoms with E-state index in [9.17, 15) is 19.8 Å². The van der Waals surface area contributed by atoms with E-state index in [0.717, 1.165) is 38.5 Å². The lowest BCUT2D eigenvalue weighted by molar-refractivity contribution is -0.137. The Balaban J connectivity index is 0.905. The molecule has 2 amide bonds. The molecule has 3 aliphatic carbocycles. The number of likely N-dealkylation sites (tertiary alicyclic amines) is 1. The molecular formula is C30H35N7O6. The molecule has 4 heterocycles. The van der Waals surface area contributed by atoms with E-state index in [2.05, 4.69) is 27.4 Å². The molecule has 43 heavy (non-hydrogen) atoms. The number of aliphatic hydroxyl groups excluding tert-OH is 2. The molecule has 13 nitrogen and oxygen atoms in total. The first-order valence-electron chi connectivity index (χ1n) is 15.1. The summed E-state index contributed by atoms with van der Waals surface area (Å²) in [5.74, 6) is 0.513. The largest absolute Gasteiger partial charge is 0.442 e. The van der Waals surface area contributed by atoms with E-state index in [4.69, 9.17) is 20.2 Å². The van der Waals surface area contributed by atoms with Crippen LogP contribution in [0.15, 0.2) is 36.7 Å². The van der Waals surface area contributed by atoms with Gasteiger partial charge < -0.3 is 35.6 Å². The van der Waals surface area contributed by atoms with Crippen molar-refractivity contribution in [3.8, 4) is 0 Å².